The Morgan fingerprint density at radius 3 is 2.58 bits per heavy atom. The van der Waals surface area contributed by atoms with Crippen LogP contribution in [0.5, 0.6) is 0 Å². The highest BCUT2D eigenvalue weighted by atomic mass is 32.2. The number of amides is 2. The van der Waals surface area contributed by atoms with Gasteiger partial charge in [0.2, 0.25) is 11.8 Å². The number of carboxylic acids is 1. The zero-order valence-electron chi connectivity index (χ0n) is 21.3. The van der Waals surface area contributed by atoms with Crippen LogP contribution < -0.4 is 10.6 Å². The van der Waals surface area contributed by atoms with Gasteiger partial charge in [0, 0.05) is 15.5 Å². The summed E-state index contributed by atoms with van der Waals surface area (Å²) in [5.41, 5.74) is 2.05. The minimum Gasteiger partial charge on any atom is -0.481 e. The molecular weight excluding hydrogens is 524 g/mol. The average molecular weight is 557 g/mol. The first-order chi connectivity index (χ1) is 18.4. The number of fused-ring (bicyclic) bond motifs is 1. The highest BCUT2D eigenvalue weighted by Gasteiger charge is 2.34. The Balaban J connectivity index is 1.39. The highest BCUT2D eigenvalue weighted by Crippen LogP contribution is 2.38. The molecule has 0 bridgehead atoms. The van der Waals surface area contributed by atoms with Gasteiger partial charge in [-0.3, -0.25) is 14.4 Å². The van der Waals surface area contributed by atoms with Crippen molar-refractivity contribution in [3.63, 3.8) is 0 Å². The fraction of sp³-hybridized carbons (Fsp3) is 0.429. The maximum absolute atomic E-state index is 12.9. The number of anilines is 2. The van der Waals surface area contributed by atoms with Gasteiger partial charge in [-0.1, -0.05) is 24.6 Å². The Labute approximate surface area is 230 Å². The highest BCUT2D eigenvalue weighted by molar-refractivity contribution is 8.00. The number of hydrogen-bond acceptors (Lipinski definition) is 7. The number of aliphatic carboxylic acids is 1. The molecule has 202 valence electrons. The van der Waals surface area contributed by atoms with Crippen molar-refractivity contribution in [2.75, 3.05) is 23.0 Å². The number of aryl methyl sites for hydroxylation is 1. The molecule has 2 atom stereocenters. The van der Waals surface area contributed by atoms with Crippen LogP contribution in [0.1, 0.15) is 59.8 Å². The van der Waals surface area contributed by atoms with Gasteiger partial charge in [-0.25, -0.2) is 4.79 Å². The summed E-state index contributed by atoms with van der Waals surface area (Å²) >= 11 is 2.78. The Morgan fingerprint density at radius 1 is 1.05 bits per heavy atom. The molecule has 0 radical (unpaired) electrons. The predicted molar refractivity (Wildman–Crippen MR) is 149 cm³/mol. The fourth-order valence-corrected chi connectivity index (χ4v) is 6.89. The van der Waals surface area contributed by atoms with Crippen molar-refractivity contribution in [2.45, 2.75) is 56.8 Å². The fourth-order valence-electron chi connectivity index (χ4n) is 4.84. The normalized spacial score (nSPS) is 18.7. The molecular formula is C28H32N2O6S2. The largest absolute Gasteiger partial charge is 0.481 e. The van der Waals surface area contributed by atoms with Crippen molar-refractivity contribution in [1.29, 1.82) is 0 Å². The van der Waals surface area contributed by atoms with E-state index in [9.17, 15) is 24.3 Å². The number of carbonyl (C=O) groups is 4. The number of benzene rings is 1. The molecule has 1 aromatic heterocycles. The van der Waals surface area contributed by atoms with Gasteiger partial charge in [-0.05, 0) is 69.2 Å². The molecule has 0 saturated heterocycles. The van der Waals surface area contributed by atoms with Gasteiger partial charge in [0.25, 0.3) is 0 Å². The second kappa shape index (κ2) is 13.1. The third-order valence-electron chi connectivity index (χ3n) is 6.71. The summed E-state index contributed by atoms with van der Waals surface area (Å²) < 4.78 is 5.29. The quantitative estimate of drug-likeness (QED) is 0.161. The summed E-state index contributed by atoms with van der Waals surface area (Å²) in [5, 5.41) is 15.8. The first-order valence-corrected chi connectivity index (χ1v) is 14.7. The second-order valence-corrected chi connectivity index (χ2v) is 11.5. The summed E-state index contributed by atoms with van der Waals surface area (Å²) in [6.45, 7) is 2.04. The van der Waals surface area contributed by atoms with Gasteiger partial charge < -0.3 is 20.5 Å². The maximum atomic E-state index is 12.9. The summed E-state index contributed by atoms with van der Waals surface area (Å²) in [6, 6.07) is 7.12. The number of thioether (sulfide) groups is 1. The van der Waals surface area contributed by atoms with E-state index in [0.717, 1.165) is 47.4 Å². The van der Waals surface area contributed by atoms with E-state index >= 15 is 0 Å². The third-order valence-corrected chi connectivity index (χ3v) is 8.91. The molecule has 10 heteroatoms. The monoisotopic (exact) mass is 556 g/mol. The van der Waals surface area contributed by atoms with E-state index in [-0.39, 0.29) is 24.2 Å². The minimum atomic E-state index is -0.974. The van der Waals surface area contributed by atoms with Crippen LogP contribution in [0.3, 0.4) is 0 Å². The molecule has 2 amide bonds. The number of carbonyl (C=O) groups excluding carboxylic acids is 3. The van der Waals surface area contributed by atoms with E-state index in [0.29, 0.717) is 29.1 Å². The molecule has 0 fully saturated rings. The van der Waals surface area contributed by atoms with Crippen molar-refractivity contribution >= 4 is 57.5 Å². The van der Waals surface area contributed by atoms with Gasteiger partial charge in [-0.15, -0.1) is 23.1 Å². The average Bonchev–Trinajstić information content (AvgIpc) is 3.07. The molecule has 1 heterocycles. The summed E-state index contributed by atoms with van der Waals surface area (Å²) in [7, 11) is 0. The van der Waals surface area contributed by atoms with Gasteiger partial charge in [0.05, 0.1) is 29.8 Å². The Morgan fingerprint density at radius 2 is 1.82 bits per heavy atom. The molecule has 2 aromatic rings. The van der Waals surface area contributed by atoms with Gasteiger partial charge in [0.1, 0.15) is 5.00 Å². The Bertz CT molecular complexity index is 1240. The third kappa shape index (κ3) is 6.85. The molecule has 1 aromatic carbocycles. The number of esters is 1. The van der Waals surface area contributed by atoms with E-state index in [4.69, 9.17) is 4.74 Å². The van der Waals surface area contributed by atoms with Crippen LogP contribution in [0, 0.1) is 11.8 Å². The lowest BCUT2D eigenvalue weighted by Gasteiger charge is -2.24. The Hall–Kier alpha value is -3.11. The van der Waals surface area contributed by atoms with Crippen LogP contribution in [0.2, 0.25) is 0 Å². The van der Waals surface area contributed by atoms with E-state index in [1.165, 1.54) is 23.1 Å². The lowest BCUT2D eigenvalue weighted by Crippen LogP contribution is -2.34. The standard InChI is InChI=1S/C28H32N2O6S2/c1-2-36-28(35)24-21-13-4-3-5-14-22(21)38-26(24)30-23(31)16-37-18-10-8-9-17(15-18)29-25(32)19-11-6-7-12-20(19)27(33)34/h6-10,15,19-20H,2-5,11-14,16H2,1H3,(H,29,32)(H,30,31)(H,33,34). The smallest absolute Gasteiger partial charge is 0.341 e. The van der Waals surface area contributed by atoms with Crippen LogP contribution in [-0.2, 0) is 32.0 Å². The first kappa shape index (κ1) is 27.9. The molecule has 0 spiro atoms. The molecule has 3 N–H and O–H groups in total. The van der Waals surface area contributed by atoms with Crippen molar-refractivity contribution in [3.05, 3.63) is 52.4 Å². The van der Waals surface area contributed by atoms with Crippen LogP contribution in [0.25, 0.3) is 0 Å². The molecule has 2 unspecified atom stereocenters. The molecule has 38 heavy (non-hydrogen) atoms. The molecule has 4 rings (SSSR count). The SMILES string of the molecule is CCOC(=O)c1c(NC(=O)CSc2cccc(NC(=O)C3CC=CCC3C(=O)O)c2)sc2c1CCCCC2. The number of allylic oxidation sites excluding steroid dienone is 2. The van der Waals surface area contributed by atoms with Crippen molar-refractivity contribution < 1.29 is 29.0 Å². The predicted octanol–water partition coefficient (Wildman–Crippen LogP) is 5.53. The van der Waals surface area contributed by atoms with Crippen LogP contribution >= 0.6 is 23.1 Å². The molecule has 2 aliphatic rings. The van der Waals surface area contributed by atoms with E-state index in [2.05, 4.69) is 10.6 Å². The summed E-state index contributed by atoms with van der Waals surface area (Å²) in [4.78, 5) is 51.8. The summed E-state index contributed by atoms with van der Waals surface area (Å²) in [5.74, 6) is -3.18. The first-order valence-electron chi connectivity index (χ1n) is 12.9. The van der Waals surface area contributed by atoms with E-state index < -0.39 is 23.8 Å². The van der Waals surface area contributed by atoms with Crippen molar-refractivity contribution in [1.82, 2.24) is 0 Å². The zero-order chi connectivity index (χ0) is 27.1. The van der Waals surface area contributed by atoms with Gasteiger partial charge >= 0.3 is 11.9 Å². The second-order valence-electron chi connectivity index (χ2n) is 9.34. The number of thiophene rings is 1. The molecule has 8 nitrogen and oxygen atoms in total. The number of hydrogen-bond donors (Lipinski definition) is 3. The molecule has 0 aliphatic heterocycles. The Kier molecular flexibility index (Phi) is 9.63. The van der Waals surface area contributed by atoms with Gasteiger partial charge in [-0.2, -0.15) is 0 Å². The molecule has 2 aliphatic carbocycles. The van der Waals surface area contributed by atoms with Crippen molar-refractivity contribution in [3.8, 4) is 0 Å². The number of carboxylic acid groups (broad SMARTS) is 1. The van der Waals surface area contributed by atoms with Crippen LogP contribution in [0.4, 0.5) is 10.7 Å². The minimum absolute atomic E-state index is 0.122. The van der Waals surface area contributed by atoms with Crippen LogP contribution in [0.15, 0.2) is 41.3 Å². The van der Waals surface area contributed by atoms with E-state index in [1.807, 2.05) is 12.1 Å². The van der Waals surface area contributed by atoms with E-state index in [1.54, 1.807) is 31.2 Å². The molecule has 0 saturated carbocycles. The van der Waals surface area contributed by atoms with Crippen molar-refractivity contribution in [2.24, 2.45) is 11.8 Å². The van der Waals surface area contributed by atoms with Gasteiger partial charge in [0.15, 0.2) is 0 Å². The zero-order valence-corrected chi connectivity index (χ0v) is 22.9. The number of ether oxygens (including phenoxy) is 1. The maximum Gasteiger partial charge on any atom is 0.341 e. The summed E-state index contributed by atoms with van der Waals surface area (Å²) in [6.07, 6.45) is 9.29. The topological polar surface area (TPSA) is 122 Å². The number of nitrogens with one attached hydrogen (secondary N) is 2. The lowest BCUT2D eigenvalue weighted by molar-refractivity contribution is -0.146. The number of rotatable bonds is 9. The lowest BCUT2D eigenvalue weighted by atomic mass is 9.82. The van der Waals surface area contributed by atoms with Crippen LogP contribution in [-0.4, -0.2) is 41.2 Å².